The predicted molar refractivity (Wildman–Crippen MR) is 84.1 cm³/mol. The molecule has 0 amide bonds. The maximum Gasteiger partial charge on any atom is 0.323 e. The molecular weight excluding hydrogens is 268 g/mol. The summed E-state index contributed by atoms with van der Waals surface area (Å²) < 4.78 is 5.42. The van der Waals surface area contributed by atoms with E-state index in [4.69, 9.17) is 4.74 Å². The lowest BCUT2D eigenvalue weighted by atomic mass is 10.4. The van der Waals surface area contributed by atoms with Crippen molar-refractivity contribution in [2.45, 2.75) is 26.7 Å². The summed E-state index contributed by atoms with van der Waals surface area (Å²) in [4.78, 5) is 17.6. The third-order valence-corrected chi connectivity index (χ3v) is 3.50. The first-order valence-corrected chi connectivity index (χ1v) is 7.79. The fraction of sp³-hybridized carbons (Fsp3) is 0.786. The molecule has 2 heterocycles. The molecule has 0 aliphatic carbocycles. The lowest BCUT2D eigenvalue weighted by molar-refractivity contribution is 0.311. The Bertz CT molecular complexity index is 411. The van der Waals surface area contributed by atoms with Gasteiger partial charge in [-0.25, -0.2) is 0 Å². The monoisotopic (exact) mass is 294 g/mol. The van der Waals surface area contributed by atoms with Crippen LogP contribution in [0.25, 0.3) is 0 Å². The van der Waals surface area contributed by atoms with Crippen molar-refractivity contribution in [1.29, 1.82) is 0 Å². The fourth-order valence-electron chi connectivity index (χ4n) is 2.35. The summed E-state index contributed by atoms with van der Waals surface area (Å²) >= 11 is 0. The summed E-state index contributed by atoms with van der Waals surface area (Å²) in [7, 11) is 2.01. The number of likely N-dealkylation sites (N-methyl/N-ethyl adjacent to an activating group) is 1. The molecule has 0 spiro atoms. The number of anilines is 2. The Morgan fingerprint density at radius 1 is 1.19 bits per heavy atom. The largest absolute Gasteiger partial charge is 0.464 e. The quantitative estimate of drug-likeness (QED) is 0.773. The van der Waals surface area contributed by atoms with Crippen LogP contribution in [-0.4, -0.2) is 66.2 Å². The van der Waals surface area contributed by atoms with E-state index in [1.807, 2.05) is 20.9 Å². The first-order chi connectivity index (χ1) is 10.2. The van der Waals surface area contributed by atoms with Gasteiger partial charge in [0, 0.05) is 26.7 Å². The maximum atomic E-state index is 5.42. The highest BCUT2D eigenvalue weighted by atomic mass is 16.5. The summed E-state index contributed by atoms with van der Waals surface area (Å²) in [5.41, 5.74) is 0. The van der Waals surface area contributed by atoms with E-state index in [0.717, 1.165) is 19.6 Å². The van der Waals surface area contributed by atoms with Crippen molar-refractivity contribution in [3.63, 3.8) is 0 Å². The van der Waals surface area contributed by atoms with Crippen molar-refractivity contribution in [3.8, 4) is 6.01 Å². The van der Waals surface area contributed by atoms with Crippen LogP contribution in [0.4, 0.5) is 11.9 Å². The van der Waals surface area contributed by atoms with Gasteiger partial charge in [0.1, 0.15) is 0 Å². The van der Waals surface area contributed by atoms with E-state index in [9.17, 15) is 0 Å². The molecule has 2 rings (SSSR count). The number of ether oxygens (including phenoxy) is 1. The van der Waals surface area contributed by atoms with Gasteiger partial charge in [-0.1, -0.05) is 0 Å². The van der Waals surface area contributed by atoms with Crippen molar-refractivity contribution < 1.29 is 4.74 Å². The van der Waals surface area contributed by atoms with E-state index in [1.54, 1.807) is 0 Å². The van der Waals surface area contributed by atoms with E-state index in [-0.39, 0.29) is 0 Å². The van der Waals surface area contributed by atoms with Crippen molar-refractivity contribution in [2.24, 2.45) is 0 Å². The molecule has 7 heteroatoms. The molecule has 21 heavy (non-hydrogen) atoms. The second-order valence-electron chi connectivity index (χ2n) is 5.18. The van der Waals surface area contributed by atoms with Crippen LogP contribution in [0.5, 0.6) is 6.01 Å². The molecule has 0 unspecified atom stereocenters. The first kappa shape index (κ1) is 15.8. The molecule has 1 aliphatic rings. The number of rotatable bonds is 8. The lowest BCUT2D eigenvalue weighted by Gasteiger charge is -2.22. The SMILES string of the molecule is CCNc1nc(OCC)nc(N(C)CCN2CCCC2)n1. The first-order valence-electron chi connectivity index (χ1n) is 7.79. The number of nitrogens with zero attached hydrogens (tertiary/aromatic N) is 5. The van der Waals surface area contributed by atoms with Crippen LogP contribution in [0.2, 0.25) is 0 Å². The normalized spacial score (nSPS) is 15.2. The number of hydrogen-bond acceptors (Lipinski definition) is 7. The minimum atomic E-state index is 0.381. The third kappa shape index (κ3) is 4.70. The zero-order valence-corrected chi connectivity index (χ0v) is 13.3. The standard InChI is InChI=1S/C14H26N6O/c1-4-15-12-16-13(18-14(17-12)21-5-2)19(3)10-11-20-8-6-7-9-20/h4-11H2,1-3H3,(H,15,16,17,18). The van der Waals surface area contributed by atoms with E-state index in [1.165, 1.54) is 25.9 Å². The van der Waals surface area contributed by atoms with Crippen LogP contribution in [0.1, 0.15) is 26.7 Å². The molecule has 1 aromatic heterocycles. The maximum absolute atomic E-state index is 5.42. The number of likely N-dealkylation sites (tertiary alicyclic amines) is 1. The van der Waals surface area contributed by atoms with Gasteiger partial charge in [-0.2, -0.15) is 15.0 Å². The van der Waals surface area contributed by atoms with Gasteiger partial charge in [0.05, 0.1) is 6.61 Å². The van der Waals surface area contributed by atoms with Crippen LogP contribution >= 0.6 is 0 Å². The minimum Gasteiger partial charge on any atom is -0.464 e. The van der Waals surface area contributed by atoms with E-state index in [0.29, 0.717) is 24.5 Å². The van der Waals surface area contributed by atoms with Crippen LogP contribution < -0.4 is 15.0 Å². The molecule has 0 bridgehead atoms. The highest BCUT2D eigenvalue weighted by Gasteiger charge is 2.14. The van der Waals surface area contributed by atoms with Crippen LogP contribution in [0.3, 0.4) is 0 Å². The summed E-state index contributed by atoms with van der Waals surface area (Å²) in [6.45, 7) is 9.62. The third-order valence-electron chi connectivity index (χ3n) is 3.50. The van der Waals surface area contributed by atoms with Gasteiger partial charge in [0.25, 0.3) is 0 Å². The van der Waals surface area contributed by atoms with Crippen LogP contribution in [-0.2, 0) is 0 Å². The highest BCUT2D eigenvalue weighted by molar-refractivity contribution is 5.37. The van der Waals surface area contributed by atoms with Crippen LogP contribution in [0.15, 0.2) is 0 Å². The van der Waals surface area contributed by atoms with Crippen molar-refractivity contribution in [2.75, 3.05) is 56.6 Å². The zero-order valence-electron chi connectivity index (χ0n) is 13.3. The zero-order chi connectivity index (χ0) is 15.1. The fourth-order valence-corrected chi connectivity index (χ4v) is 2.35. The van der Waals surface area contributed by atoms with E-state index < -0.39 is 0 Å². The van der Waals surface area contributed by atoms with Gasteiger partial charge < -0.3 is 19.9 Å². The van der Waals surface area contributed by atoms with Gasteiger partial charge in [-0.15, -0.1) is 0 Å². The van der Waals surface area contributed by atoms with Gasteiger partial charge in [-0.3, -0.25) is 0 Å². The predicted octanol–water partition coefficient (Wildman–Crippen LogP) is 1.23. The molecule has 7 nitrogen and oxygen atoms in total. The number of aromatic nitrogens is 3. The van der Waals surface area contributed by atoms with Gasteiger partial charge >= 0.3 is 6.01 Å². The lowest BCUT2D eigenvalue weighted by Crippen LogP contribution is -2.32. The van der Waals surface area contributed by atoms with Crippen molar-refractivity contribution >= 4 is 11.9 Å². The molecule has 1 N–H and O–H groups in total. The summed E-state index contributed by atoms with van der Waals surface area (Å²) in [5, 5.41) is 3.12. The topological polar surface area (TPSA) is 66.4 Å². The second-order valence-corrected chi connectivity index (χ2v) is 5.18. The average molecular weight is 294 g/mol. The van der Waals surface area contributed by atoms with Gasteiger partial charge in [-0.05, 0) is 39.8 Å². The minimum absolute atomic E-state index is 0.381. The Balaban J connectivity index is 2.01. The smallest absolute Gasteiger partial charge is 0.323 e. The Labute approximate surface area is 126 Å². The molecule has 0 atom stereocenters. The molecule has 0 aromatic carbocycles. The summed E-state index contributed by atoms with van der Waals surface area (Å²) in [6, 6.07) is 0.381. The number of hydrogen-bond donors (Lipinski definition) is 1. The molecule has 0 radical (unpaired) electrons. The van der Waals surface area contributed by atoms with Gasteiger partial charge in [0.15, 0.2) is 0 Å². The highest BCUT2D eigenvalue weighted by Crippen LogP contribution is 2.14. The second kappa shape index (κ2) is 7.97. The summed E-state index contributed by atoms with van der Waals surface area (Å²) in [6.07, 6.45) is 2.63. The Morgan fingerprint density at radius 2 is 1.95 bits per heavy atom. The average Bonchev–Trinajstić information content (AvgIpc) is 2.98. The van der Waals surface area contributed by atoms with E-state index in [2.05, 4.69) is 30.1 Å². The molecule has 1 saturated heterocycles. The Hall–Kier alpha value is -1.63. The van der Waals surface area contributed by atoms with E-state index >= 15 is 0 Å². The summed E-state index contributed by atoms with van der Waals surface area (Å²) in [5.74, 6) is 1.22. The van der Waals surface area contributed by atoms with Gasteiger partial charge in [0.2, 0.25) is 11.9 Å². The molecular formula is C14H26N6O. The Kier molecular flexibility index (Phi) is 5.98. The Morgan fingerprint density at radius 3 is 2.62 bits per heavy atom. The number of nitrogens with one attached hydrogen (secondary N) is 1. The molecule has 1 aromatic rings. The molecule has 1 fully saturated rings. The molecule has 1 aliphatic heterocycles. The van der Waals surface area contributed by atoms with Crippen molar-refractivity contribution in [1.82, 2.24) is 19.9 Å². The van der Waals surface area contributed by atoms with Crippen LogP contribution in [0, 0.1) is 0 Å². The molecule has 118 valence electrons. The van der Waals surface area contributed by atoms with Crippen molar-refractivity contribution in [3.05, 3.63) is 0 Å². The molecule has 0 saturated carbocycles.